The smallest absolute Gasteiger partial charge is 0.191 e. The Labute approximate surface area is 177 Å². The van der Waals surface area contributed by atoms with E-state index < -0.39 is 0 Å². The van der Waals surface area contributed by atoms with E-state index in [1.54, 1.807) is 4.52 Å². The maximum absolute atomic E-state index is 9.72. The molecule has 3 aromatic heterocycles. The molecular formula is C22H17N7S. The minimum absolute atomic E-state index is 0.526. The Kier molecular flexibility index (Phi) is 4.45. The maximum atomic E-state index is 9.72. The van der Waals surface area contributed by atoms with Gasteiger partial charge in [0.2, 0.25) is 0 Å². The molecule has 7 nitrogen and oxygen atoms in total. The summed E-state index contributed by atoms with van der Waals surface area (Å²) < 4.78 is 3.62. The van der Waals surface area contributed by atoms with Crippen molar-refractivity contribution in [1.82, 2.24) is 29.4 Å². The highest BCUT2D eigenvalue weighted by molar-refractivity contribution is 7.98. The second-order valence-electron chi connectivity index (χ2n) is 6.86. The monoisotopic (exact) mass is 411 g/mol. The van der Waals surface area contributed by atoms with Gasteiger partial charge in [-0.1, -0.05) is 42.1 Å². The van der Waals surface area contributed by atoms with Crippen LogP contribution in [0.2, 0.25) is 0 Å². The second kappa shape index (κ2) is 7.28. The SMILES string of the molecule is Cc1nc2c3ccccc3nc(SCc3c(C#N)c(C)nn3-c3ccccc3)n2n1. The van der Waals surface area contributed by atoms with E-state index in [2.05, 4.69) is 21.3 Å². The Bertz CT molecular complexity index is 1430. The molecule has 5 rings (SSSR count). The van der Waals surface area contributed by atoms with Crippen molar-refractivity contribution >= 4 is 28.3 Å². The van der Waals surface area contributed by atoms with Crippen LogP contribution in [0.15, 0.2) is 59.8 Å². The molecule has 8 heteroatoms. The summed E-state index contributed by atoms with van der Waals surface area (Å²) in [5, 5.41) is 20.6. The summed E-state index contributed by atoms with van der Waals surface area (Å²) in [5.41, 5.74) is 4.72. The summed E-state index contributed by atoms with van der Waals surface area (Å²) in [6.07, 6.45) is 0. The van der Waals surface area contributed by atoms with Crippen LogP contribution >= 0.6 is 11.8 Å². The zero-order valence-electron chi connectivity index (χ0n) is 16.4. The van der Waals surface area contributed by atoms with Gasteiger partial charge in [0.05, 0.1) is 28.2 Å². The van der Waals surface area contributed by atoms with Gasteiger partial charge >= 0.3 is 0 Å². The first-order valence-electron chi connectivity index (χ1n) is 9.44. The molecular weight excluding hydrogens is 394 g/mol. The minimum atomic E-state index is 0.526. The highest BCUT2D eigenvalue weighted by Crippen LogP contribution is 2.29. The Balaban J connectivity index is 1.60. The molecule has 0 unspecified atom stereocenters. The molecule has 30 heavy (non-hydrogen) atoms. The van der Waals surface area contributed by atoms with Gasteiger partial charge < -0.3 is 0 Å². The van der Waals surface area contributed by atoms with Gasteiger partial charge in [0.1, 0.15) is 11.9 Å². The van der Waals surface area contributed by atoms with Crippen LogP contribution < -0.4 is 0 Å². The third-order valence-electron chi connectivity index (χ3n) is 4.86. The number of benzene rings is 2. The molecule has 0 aliphatic heterocycles. The number of rotatable bonds is 4. The average Bonchev–Trinajstić information content (AvgIpc) is 3.32. The minimum Gasteiger partial charge on any atom is -0.235 e. The van der Waals surface area contributed by atoms with Crippen molar-refractivity contribution in [3.8, 4) is 11.8 Å². The number of para-hydroxylation sites is 2. The van der Waals surface area contributed by atoms with E-state index >= 15 is 0 Å². The van der Waals surface area contributed by atoms with Gasteiger partial charge in [0.15, 0.2) is 10.8 Å². The molecule has 0 amide bonds. The highest BCUT2D eigenvalue weighted by atomic mass is 32.2. The van der Waals surface area contributed by atoms with Gasteiger partial charge in [0.25, 0.3) is 0 Å². The first-order chi connectivity index (χ1) is 14.7. The summed E-state index contributed by atoms with van der Waals surface area (Å²) in [5.74, 6) is 1.22. The molecule has 0 aliphatic rings. The van der Waals surface area contributed by atoms with Crippen molar-refractivity contribution in [2.24, 2.45) is 0 Å². The van der Waals surface area contributed by atoms with Gasteiger partial charge in [-0.15, -0.1) is 5.10 Å². The highest BCUT2D eigenvalue weighted by Gasteiger charge is 2.19. The molecule has 0 saturated heterocycles. The summed E-state index contributed by atoms with van der Waals surface area (Å²) in [7, 11) is 0. The van der Waals surface area contributed by atoms with Crippen LogP contribution in [0.25, 0.3) is 22.2 Å². The van der Waals surface area contributed by atoms with Crippen molar-refractivity contribution in [3.63, 3.8) is 0 Å². The Morgan fingerprint density at radius 3 is 2.53 bits per heavy atom. The molecule has 0 aliphatic carbocycles. The number of hydrogen-bond donors (Lipinski definition) is 0. The first kappa shape index (κ1) is 18.3. The van der Waals surface area contributed by atoms with Crippen molar-refractivity contribution in [3.05, 3.63) is 77.4 Å². The van der Waals surface area contributed by atoms with Crippen LogP contribution in [0.5, 0.6) is 0 Å². The van der Waals surface area contributed by atoms with Crippen molar-refractivity contribution in [2.45, 2.75) is 24.8 Å². The maximum Gasteiger partial charge on any atom is 0.191 e. The molecule has 0 bridgehead atoms. The Hall–Kier alpha value is -3.70. The Morgan fingerprint density at radius 2 is 1.73 bits per heavy atom. The standard InChI is InChI=1S/C22H17N7S/c1-14-18(12-23)20(28(26-14)16-8-4-3-5-9-16)13-30-22-25-19-11-7-6-10-17(19)21-24-15(2)27-29(21)22/h3-11H,13H2,1-2H3. The van der Waals surface area contributed by atoms with Crippen LogP contribution in [0.4, 0.5) is 0 Å². The van der Waals surface area contributed by atoms with Crippen LogP contribution in [0, 0.1) is 25.2 Å². The Morgan fingerprint density at radius 1 is 0.967 bits per heavy atom. The van der Waals surface area contributed by atoms with Gasteiger partial charge in [-0.05, 0) is 38.1 Å². The summed E-state index contributed by atoms with van der Waals surface area (Å²) in [4.78, 5) is 9.40. The third-order valence-corrected chi connectivity index (χ3v) is 5.80. The largest absolute Gasteiger partial charge is 0.235 e. The van der Waals surface area contributed by atoms with Crippen LogP contribution in [0.1, 0.15) is 22.8 Å². The first-order valence-corrected chi connectivity index (χ1v) is 10.4. The van der Waals surface area contributed by atoms with Crippen LogP contribution in [-0.4, -0.2) is 29.4 Å². The summed E-state index contributed by atoms with van der Waals surface area (Å²) in [6.45, 7) is 3.73. The summed E-state index contributed by atoms with van der Waals surface area (Å²) >= 11 is 1.52. The molecule has 0 N–H and O–H groups in total. The van der Waals surface area contributed by atoms with E-state index in [1.165, 1.54) is 11.8 Å². The van der Waals surface area contributed by atoms with E-state index in [4.69, 9.17) is 4.98 Å². The van der Waals surface area contributed by atoms with E-state index in [0.717, 1.165) is 33.1 Å². The fraction of sp³-hybridized carbons (Fsp3) is 0.136. The number of aromatic nitrogens is 6. The average molecular weight is 411 g/mol. The normalized spacial score (nSPS) is 11.2. The lowest BCUT2D eigenvalue weighted by Gasteiger charge is -2.09. The van der Waals surface area contributed by atoms with Crippen molar-refractivity contribution in [2.75, 3.05) is 0 Å². The topological polar surface area (TPSA) is 84.7 Å². The van der Waals surface area contributed by atoms with E-state index in [1.807, 2.05) is 73.1 Å². The number of aryl methyl sites for hydroxylation is 2. The molecule has 0 spiro atoms. The van der Waals surface area contributed by atoms with Gasteiger partial charge in [-0.3, -0.25) is 0 Å². The molecule has 2 aromatic carbocycles. The fourth-order valence-electron chi connectivity index (χ4n) is 3.50. The predicted octanol–water partition coefficient (Wildman–Crippen LogP) is 4.24. The molecule has 146 valence electrons. The third kappa shape index (κ3) is 3.00. The van der Waals surface area contributed by atoms with E-state index in [0.29, 0.717) is 22.8 Å². The molecule has 0 fully saturated rings. The van der Waals surface area contributed by atoms with E-state index in [-0.39, 0.29) is 0 Å². The van der Waals surface area contributed by atoms with Crippen molar-refractivity contribution in [1.29, 1.82) is 5.26 Å². The van der Waals surface area contributed by atoms with Crippen LogP contribution in [0.3, 0.4) is 0 Å². The van der Waals surface area contributed by atoms with Crippen molar-refractivity contribution < 1.29 is 0 Å². The zero-order valence-corrected chi connectivity index (χ0v) is 17.3. The lowest BCUT2D eigenvalue weighted by atomic mass is 10.2. The molecule has 0 radical (unpaired) electrons. The molecule has 5 aromatic rings. The van der Waals surface area contributed by atoms with Gasteiger partial charge in [0, 0.05) is 11.1 Å². The number of fused-ring (bicyclic) bond motifs is 3. The lowest BCUT2D eigenvalue weighted by molar-refractivity contribution is 0.793. The molecule has 3 heterocycles. The lowest BCUT2D eigenvalue weighted by Crippen LogP contribution is -2.03. The number of nitrogens with zero attached hydrogens (tertiary/aromatic N) is 7. The molecule has 0 saturated carbocycles. The molecule has 0 atom stereocenters. The fourth-order valence-corrected chi connectivity index (χ4v) is 4.44. The van der Waals surface area contributed by atoms with Gasteiger partial charge in [-0.2, -0.15) is 14.9 Å². The number of nitriles is 1. The number of thioether (sulfide) groups is 1. The van der Waals surface area contributed by atoms with Gasteiger partial charge in [-0.25, -0.2) is 14.6 Å². The summed E-state index contributed by atoms with van der Waals surface area (Å²) in [6, 6.07) is 20.1. The quantitative estimate of drug-likeness (QED) is 0.325. The predicted molar refractivity (Wildman–Crippen MR) is 116 cm³/mol. The second-order valence-corrected chi connectivity index (χ2v) is 7.80. The zero-order chi connectivity index (χ0) is 20.7. The van der Waals surface area contributed by atoms with E-state index in [9.17, 15) is 5.26 Å². The van der Waals surface area contributed by atoms with Crippen LogP contribution in [-0.2, 0) is 5.75 Å². The number of hydrogen-bond acceptors (Lipinski definition) is 6.